The summed E-state index contributed by atoms with van der Waals surface area (Å²) < 4.78 is 16.4. The molecule has 1 atom stereocenters. The summed E-state index contributed by atoms with van der Waals surface area (Å²) in [6.07, 6.45) is 0.953. The highest BCUT2D eigenvalue weighted by Gasteiger charge is 2.06. The van der Waals surface area contributed by atoms with E-state index in [0.717, 1.165) is 43.6 Å². The summed E-state index contributed by atoms with van der Waals surface area (Å²) >= 11 is 0. The predicted molar refractivity (Wildman–Crippen MR) is 109 cm³/mol. The van der Waals surface area contributed by atoms with Crippen LogP contribution in [0, 0.1) is 0 Å². The molecule has 0 saturated carbocycles. The smallest absolute Gasteiger partial charge is 0.191 e. The SMILES string of the molecule is CCOCCCNC(=NC)NCC(C)Oc1cccc(OC)c1.I. The Morgan fingerprint density at radius 3 is 2.67 bits per heavy atom. The Labute approximate surface area is 162 Å². The van der Waals surface area contributed by atoms with E-state index in [4.69, 9.17) is 14.2 Å². The van der Waals surface area contributed by atoms with Crippen LogP contribution in [0.2, 0.25) is 0 Å². The fourth-order valence-electron chi connectivity index (χ4n) is 1.93. The highest BCUT2D eigenvalue weighted by atomic mass is 127. The first-order valence-electron chi connectivity index (χ1n) is 8.02. The number of nitrogens with one attached hydrogen (secondary N) is 2. The molecule has 0 heterocycles. The van der Waals surface area contributed by atoms with Crippen LogP contribution >= 0.6 is 24.0 Å². The first kappa shape index (κ1) is 22.8. The fraction of sp³-hybridized carbons (Fsp3) is 0.588. The van der Waals surface area contributed by atoms with Gasteiger partial charge in [0.05, 0.1) is 13.7 Å². The van der Waals surface area contributed by atoms with Crippen LogP contribution in [0.15, 0.2) is 29.3 Å². The van der Waals surface area contributed by atoms with Crippen LogP contribution in [-0.2, 0) is 4.74 Å². The van der Waals surface area contributed by atoms with E-state index in [1.165, 1.54) is 0 Å². The number of halogens is 1. The van der Waals surface area contributed by atoms with E-state index < -0.39 is 0 Å². The molecule has 24 heavy (non-hydrogen) atoms. The zero-order valence-electron chi connectivity index (χ0n) is 15.0. The normalized spacial score (nSPS) is 12.1. The number of hydrogen-bond acceptors (Lipinski definition) is 4. The average molecular weight is 451 g/mol. The van der Waals surface area contributed by atoms with Gasteiger partial charge in [0, 0.05) is 32.9 Å². The maximum absolute atomic E-state index is 5.86. The molecule has 138 valence electrons. The average Bonchev–Trinajstić information content (AvgIpc) is 2.57. The number of nitrogens with zero attached hydrogens (tertiary/aromatic N) is 1. The molecule has 0 saturated heterocycles. The van der Waals surface area contributed by atoms with Gasteiger partial charge in [-0.15, -0.1) is 24.0 Å². The number of guanidine groups is 1. The predicted octanol–water partition coefficient (Wildman–Crippen LogP) is 2.67. The van der Waals surface area contributed by atoms with Crippen LogP contribution in [-0.4, -0.2) is 52.5 Å². The molecule has 0 aliphatic carbocycles. The van der Waals surface area contributed by atoms with Gasteiger partial charge in [-0.3, -0.25) is 4.99 Å². The molecule has 0 amide bonds. The summed E-state index contributed by atoms with van der Waals surface area (Å²) in [7, 11) is 3.40. The second-order valence-corrected chi connectivity index (χ2v) is 5.04. The van der Waals surface area contributed by atoms with Gasteiger partial charge in [0.2, 0.25) is 0 Å². The summed E-state index contributed by atoms with van der Waals surface area (Å²) in [5.41, 5.74) is 0. The Hall–Kier alpha value is -1.22. The first-order valence-corrected chi connectivity index (χ1v) is 8.02. The highest BCUT2D eigenvalue weighted by molar-refractivity contribution is 14.0. The van der Waals surface area contributed by atoms with Crippen LogP contribution in [0.1, 0.15) is 20.3 Å². The minimum absolute atomic E-state index is 0. The zero-order chi connectivity index (χ0) is 16.9. The van der Waals surface area contributed by atoms with Gasteiger partial charge in [-0.05, 0) is 32.4 Å². The third-order valence-electron chi connectivity index (χ3n) is 3.12. The van der Waals surface area contributed by atoms with Crippen molar-refractivity contribution in [2.75, 3.05) is 40.5 Å². The maximum Gasteiger partial charge on any atom is 0.191 e. The van der Waals surface area contributed by atoms with Crippen LogP contribution < -0.4 is 20.1 Å². The van der Waals surface area contributed by atoms with Crippen molar-refractivity contribution in [2.24, 2.45) is 4.99 Å². The first-order chi connectivity index (χ1) is 11.2. The van der Waals surface area contributed by atoms with Crippen molar-refractivity contribution in [3.8, 4) is 11.5 Å². The van der Waals surface area contributed by atoms with E-state index in [1.54, 1.807) is 14.2 Å². The zero-order valence-corrected chi connectivity index (χ0v) is 17.3. The fourth-order valence-corrected chi connectivity index (χ4v) is 1.93. The molecule has 0 aliphatic rings. The summed E-state index contributed by atoms with van der Waals surface area (Å²) in [5, 5.41) is 6.50. The molecule has 0 spiro atoms. The third-order valence-corrected chi connectivity index (χ3v) is 3.12. The van der Waals surface area contributed by atoms with E-state index in [0.29, 0.717) is 6.54 Å². The topological polar surface area (TPSA) is 64.1 Å². The van der Waals surface area contributed by atoms with Crippen molar-refractivity contribution in [3.05, 3.63) is 24.3 Å². The molecule has 0 radical (unpaired) electrons. The summed E-state index contributed by atoms with van der Waals surface area (Å²) in [6.45, 7) is 7.00. The van der Waals surface area contributed by atoms with Crippen LogP contribution in [0.5, 0.6) is 11.5 Å². The Morgan fingerprint density at radius 2 is 2.00 bits per heavy atom. The quantitative estimate of drug-likeness (QED) is 0.248. The second kappa shape index (κ2) is 14.2. The molecule has 1 rings (SSSR count). The van der Waals surface area contributed by atoms with Gasteiger partial charge < -0.3 is 24.8 Å². The molecular formula is C17H30IN3O3. The van der Waals surface area contributed by atoms with Gasteiger partial charge in [0.1, 0.15) is 17.6 Å². The van der Waals surface area contributed by atoms with Crippen LogP contribution in [0.25, 0.3) is 0 Å². The standard InChI is InChI=1S/C17H29N3O3.HI/c1-5-22-11-7-10-19-17(18-3)20-13-14(2)23-16-9-6-8-15(12-16)21-4;/h6,8-9,12,14H,5,7,10-11,13H2,1-4H3,(H2,18,19,20);1H. The number of benzene rings is 1. The van der Waals surface area contributed by atoms with Gasteiger partial charge in [-0.25, -0.2) is 0 Å². The number of rotatable bonds is 10. The molecule has 6 nitrogen and oxygen atoms in total. The molecule has 1 unspecified atom stereocenters. The minimum Gasteiger partial charge on any atom is -0.497 e. The Morgan fingerprint density at radius 1 is 1.25 bits per heavy atom. The molecule has 0 aromatic heterocycles. The molecular weight excluding hydrogens is 421 g/mol. The largest absolute Gasteiger partial charge is 0.497 e. The number of ether oxygens (including phenoxy) is 3. The lowest BCUT2D eigenvalue weighted by Gasteiger charge is -2.18. The third kappa shape index (κ3) is 9.82. The van der Waals surface area contributed by atoms with Crippen molar-refractivity contribution in [2.45, 2.75) is 26.4 Å². The number of hydrogen-bond donors (Lipinski definition) is 2. The van der Waals surface area contributed by atoms with Crippen molar-refractivity contribution < 1.29 is 14.2 Å². The van der Waals surface area contributed by atoms with Gasteiger partial charge in [0.25, 0.3) is 0 Å². The Bertz CT molecular complexity index is 472. The molecule has 0 fully saturated rings. The molecule has 1 aromatic carbocycles. The van der Waals surface area contributed by atoms with E-state index in [2.05, 4.69) is 15.6 Å². The van der Waals surface area contributed by atoms with E-state index >= 15 is 0 Å². The molecule has 1 aromatic rings. The summed E-state index contributed by atoms with van der Waals surface area (Å²) in [6, 6.07) is 7.59. The van der Waals surface area contributed by atoms with Crippen molar-refractivity contribution in [1.29, 1.82) is 0 Å². The molecule has 0 bridgehead atoms. The van der Waals surface area contributed by atoms with E-state index in [9.17, 15) is 0 Å². The van der Waals surface area contributed by atoms with Crippen molar-refractivity contribution in [3.63, 3.8) is 0 Å². The van der Waals surface area contributed by atoms with Crippen LogP contribution in [0.3, 0.4) is 0 Å². The second-order valence-electron chi connectivity index (χ2n) is 5.04. The monoisotopic (exact) mass is 451 g/mol. The number of aliphatic imine (C=N–C) groups is 1. The molecule has 7 heteroatoms. The summed E-state index contributed by atoms with van der Waals surface area (Å²) in [5.74, 6) is 2.34. The lowest BCUT2D eigenvalue weighted by Crippen LogP contribution is -2.42. The Balaban J connectivity index is 0.00000529. The van der Waals surface area contributed by atoms with Gasteiger partial charge in [-0.2, -0.15) is 0 Å². The Kier molecular flexibility index (Phi) is 13.4. The van der Waals surface area contributed by atoms with Crippen LogP contribution in [0.4, 0.5) is 0 Å². The van der Waals surface area contributed by atoms with Gasteiger partial charge in [0.15, 0.2) is 5.96 Å². The molecule has 0 aliphatic heterocycles. The van der Waals surface area contributed by atoms with E-state index in [1.807, 2.05) is 38.1 Å². The highest BCUT2D eigenvalue weighted by Crippen LogP contribution is 2.19. The lowest BCUT2D eigenvalue weighted by molar-refractivity contribution is 0.145. The summed E-state index contributed by atoms with van der Waals surface area (Å²) in [4.78, 5) is 4.19. The number of methoxy groups -OCH3 is 1. The maximum atomic E-state index is 5.86. The van der Waals surface area contributed by atoms with Crippen molar-refractivity contribution in [1.82, 2.24) is 10.6 Å². The van der Waals surface area contributed by atoms with Gasteiger partial charge >= 0.3 is 0 Å². The van der Waals surface area contributed by atoms with E-state index in [-0.39, 0.29) is 30.1 Å². The molecule has 2 N–H and O–H groups in total. The lowest BCUT2D eigenvalue weighted by atomic mass is 10.3. The minimum atomic E-state index is 0. The van der Waals surface area contributed by atoms with Gasteiger partial charge in [-0.1, -0.05) is 6.07 Å². The van der Waals surface area contributed by atoms with Crippen molar-refractivity contribution >= 4 is 29.9 Å².